The molecule has 0 fully saturated rings. The lowest BCUT2D eigenvalue weighted by Crippen LogP contribution is -2.19. The van der Waals surface area contributed by atoms with Crippen molar-refractivity contribution in [2.45, 2.75) is 39.0 Å². The Bertz CT molecular complexity index is 427. The van der Waals surface area contributed by atoms with Crippen molar-refractivity contribution >= 4 is 17.5 Å². The summed E-state index contributed by atoms with van der Waals surface area (Å²) in [7, 11) is 0. The van der Waals surface area contributed by atoms with E-state index in [-0.39, 0.29) is 18.7 Å². The summed E-state index contributed by atoms with van der Waals surface area (Å²) in [5.41, 5.74) is 3.51. The molecule has 104 valence electrons. The standard InChI is InChI=1S/C14H20N2O3/c1-10(2)11-6-8-12(9-7-11)15-13(17)4-3-5-14(18)16-19/h6-10,19H,3-5H2,1-2H3,(H,15,17)(H,16,18). The number of benzene rings is 1. The molecule has 0 atom stereocenters. The molecule has 1 aromatic carbocycles. The second-order valence-electron chi connectivity index (χ2n) is 4.71. The van der Waals surface area contributed by atoms with Crippen LogP contribution < -0.4 is 10.8 Å². The van der Waals surface area contributed by atoms with Gasteiger partial charge in [0.15, 0.2) is 0 Å². The smallest absolute Gasteiger partial charge is 0.243 e. The third-order valence-corrected chi connectivity index (χ3v) is 2.79. The van der Waals surface area contributed by atoms with Gasteiger partial charge in [0, 0.05) is 18.5 Å². The maximum Gasteiger partial charge on any atom is 0.243 e. The van der Waals surface area contributed by atoms with Crippen LogP contribution in [0.1, 0.15) is 44.6 Å². The maximum absolute atomic E-state index is 11.6. The van der Waals surface area contributed by atoms with Crippen molar-refractivity contribution in [1.82, 2.24) is 5.48 Å². The van der Waals surface area contributed by atoms with Crippen LogP contribution in [0.5, 0.6) is 0 Å². The first kappa shape index (κ1) is 15.2. The first-order valence-corrected chi connectivity index (χ1v) is 6.35. The van der Waals surface area contributed by atoms with E-state index < -0.39 is 5.91 Å². The molecule has 0 saturated heterocycles. The van der Waals surface area contributed by atoms with Gasteiger partial charge in [0.25, 0.3) is 0 Å². The van der Waals surface area contributed by atoms with Gasteiger partial charge in [-0.2, -0.15) is 0 Å². The largest absolute Gasteiger partial charge is 0.326 e. The van der Waals surface area contributed by atoms with E-state index in [1.807, 2.05) is 24.3 Å². The lowest BCUT2D eigenvalue weighted by atomic mass is 10.0. The Morgan fingerprint density at radius 1 is 1.11 bits per heavy atom. The van der Waals surface area contributed by atoms with Crippen LogP contribution in [0.2, 0.25) is 0 Å². The number of hydrogen-bond acceptors (Lipinski definition) is 3. The molecule has 3 N–H and O–H groups in total. The van der Waals surface area contributed by atoms with Gasteiger partial charge >= 0.3 is 0 Å². The van der Waals surface area contributed by atoms with E-state index in [2.05, 4.69) is 19.2 Å². The number of hydroxylamine groups is 1. The highest BCUT2D eigenvalue weighted by atomic mass is 16.5. The van der Waals surface area contributed by atoms with Crippen LogP contribution in [0.4, 0.5) is 5.69 Å². The van der Waals surface area contributed by atoms with Gasteiger partial charge in [-0.15, -0.1) is 0 Å². The van der Waals surface area contributed by atoms with Gasteiger partial charge in [-0.25, -0.2) is 5.48 Å². The van der Waals surface area contributed by atoms with Crippen LogP contribution in [0, 0.1) is 0 Å². The van der Waals surface area contributed by atoms with E-state index in [0.29, 0.717) is 12.3 Å². The van der Waals surface area contributed by atoms with E-state index in [1.54, 1.807) is 0 Å². The Kier molecular flexibility index (Phi) is 6.02. The molecule has 0 aromatic heterocycles. The zero-order valence-corrected chi connectivity index (χ0v) is 11.3. The average Bonchev–Trinajstić information content (AvgIpc) is 2.39. The molecule has 0 radical (unpaired) electrons. The maximum atomic E-state index is 11.6. The fourth-order valence-corrected chi connectivity index (χ4v) is 1.64. The van der Waals surface area contributed by atoms with Crippen molar-refractivity contribution in [3.05, 3.63) is 29.8 Å². The molecule has 0 bridgehead atoms. The van der Waals surface area contributed by atoms with Gasteiger partial charge in [-0.3, -0.25) is 14.8 Å². The fourth-order valence-electron chi connectivity index (χ4n) is 1.64. The second kappa shape index (κ2) is 7.53. The van der Waals surface area contributed by atoms with Crippen LogP contribution >= 0.6 is 0 Å². The van der Waals surface area contributed by atoms with Crippen LogP contribution in [-0.4, -0.2) is 17.0 Å². The van der Waals surface area contributed by atoms with Crippen molar-refractivity contribution < 1.29 is 14.8 Å². The van der Waals surface area contributed by atoms with E-state index in [9.17, 15) is 9.59 Å². The molecule has 1 rings (SSSR count). The Balaban J connectivity index is 2.38. The monoisotopic (exact) mass is 264 g/mol. The van der Waals surface area contributed by atoms with Crippen molar-refractivity contribution in [2.24, 2.45) is 0 Å². The molecular formula is C14H20N2O3. The summed E-state index contributed by atoms with van der Waals surface area (Å²) in [6, 6.07) is 7.71. The summed E-state index contributed by atoms with van der Waals surface area (Å²) in [6.07, 6.45) is 0.790. The first-order valence-electron chi connectivity index (χ1n) is 6.35. The van der Waals surface area contributed by atoms with Crippen molar-refractivity contribution in [2.75, 3.05) is 5.32 Å². The zero-order chi connectivity index (χ0) is 14.3. The van der Waals surface area contributed by atoms with Gasteiger partial charge in [-0.05, 0) is 30.0 Å². The number of carbonyl (C=O) groups is 2. The van der Waals surface area contributed by atoms with Gasteiger partial charge in [0.2, 0.25) is 11.8 Å². The quantitative estimate of drug-likeness (QED) is 0.545. The third kappa shape index (κ3) is 5.52. The van der Waals surface area contributed by atoms with Crippen LogP contribution in [0.3, 0.4) is 0 Å². The minimum absolute atomic E-state index is 0.135. The molecule has 0 aliphatic heterocycles. The van der Waals surface area contributed by atoms with Crippen molar-refractivity contribution in [3.8, 4) is 0 Å². The molecule has 0 heterocycles. The van der Waals surface area contributed by atoms with Crippen LogP contribution in [0.25, 0.3) is 0 Å². The lowest BCUT2D eigenvalue weighted by molar-refractivity contribution is -0.129. The Hall–Kier alpha value is -1.88. The Morgan fingerprint density at radius 3 is 2.21 bits per heavy atom. The minimum atomic E-state index is -0.478. The van der Waals surface area contributed by atoms with Crippen LogP contribution in [0.15, 0.2) is 24.3 Å². The number of rotatable bonds is 6. The molecule has 0 spiro atoms. The summed E-state index contributed by atoms with van der Waals surface area (Å²) >= 11 is 0. The number of carbonyl (C=O) groups excluding carboxylic acids is 2. The topological polar surface area (TPSA) is 78.4 Å². The van der Waals surface area contributed by atoms with Crippen molar-refractivity contribution in [3.63, 3.8) is 0 Å². The highest BCUT2D eigenvalue weighted by Gasteiger charge is 2.05. The summed E-state index contributed by atoms with van der Waals surface area (Å²) in [4.78, 5) is 22.4. The molecule has 5 nitrogen and oxygen atoms in total. The van der Waals surface area contributed by atoms with Gasteiger partial charge in [0.1, 0.15) is 0 Å². The molecule has 0 unspecified atom stereocenters. The molecule has 2 amide bonds. The first-order chi connectivity index (χ1) is 9.02. The molecular weight excluding hydrogens is 244 g/mol. The Labute approximate surface area is 113 Å². The number of anilines is 1. The SMILES string of the molecule is CC(C)c1ccc(NC(=O)CCCC(=O)NO)cc1. The lowest BCUT2D eigenvalue weighted by Gasteiger charge is -2.08. The second-order valence-corrected chi connectivity index (χ2v) is 4.71. The van der Waals surface area contributed by atoms with Gasteiger partial charge in [0.05, 0.1) is 0 Å². The van der Waals surface area contributed by atoms with E-state index in [0.717, 1.165) is 5.69 Å². The van der Waals surface area contributed by atoms with Crippen LogP contribution in [-0.2, 0) is 9.59 Å². The highest BCUT2D eigenvalue weighted by Crippen LogP contribution is 2.17. The molecule has 5 heteroatoms. The third-order valence-electron chi connectivity index (χ3n) is 2.79. The molecule has 19 heavy (non-hydrogen) atoms. The fraction of sp³-hybridized carbons (Fsp3) is 0.429. The van der Waals surface area contributed by atoms with Gasteiger partial charge in [-0.1, -0.05) is 26.0 Å². The van der Waals surface area contributed by atoms with Gasteiger partial charge < -0.3 is 5.32 Å². The van der Waals surface area contributed by atoms with Crippen molar-refractivity contribution in [1.29, 1.82) is 0 Å². The molecule has 1 aromatic rings. The number of hydrogen-bond donors (Lipinski definition) is 3. The van der Waals surface area contributed by atoms with E-state index in [4.69, 9.17) is 5.21 Å². The molecule has 0 aliphatic rings. The van der Waals surface area contributed by atoms with E-state index >= 15 is 0 Å². The molecule has 0 aliphatic carbocycles. The summed E-state index contributed by atoms with van der Waals surface area (Å²) < 4.78 is 0. The molecule has 0 saturated carbocycles. The predicted octanol–water partition coefficient (Wildman–Crippen LogP) is 2.42. The summed E-state index contributed by atoms with van der Waals surface area (Å²) in [5, 5.41) is 11.1. The number of nitrogens with one attached hydrogen (secondary N) is 2. The normalized spacial score (nSPS) is 10.3. The van der Waals surface area contributed by atoms with E-state index in [1.165, 1.54) is 11.0 Å². The average molecular weight is 264 g/mol. The highest BCUT2D eigenvalue weighted by molar-refractivity contribution is 5.90. The zero-order valence-electron chi connectivity index (χ0n) is 11.3. The summed E-state index contributed by atoms with van der Waals surface area (Å²) in [6.45, 7) is 4.22. The number of amides is 2. The predicted molar refractivity (Wildman–Crippen MR) is 72.9 cm³/mol. The minimum Gasteiger partial charge on any atom is -0.326 e. The summed E-state index contributed by atoms with van der Waals surface area (Å²) in [5.74, 6) is -0.154. The Morgan fingerprint density at radius 2 is 1.68 bits per heavy atom.